The van der Waals surface area contributed by atoms with Crippen LogP contribution >= 0.6 is 0 Å². The second-order valence-corrected chi connectivity index (χ2v) is 6.07. The largest absolute Gasteiger partial charge is 0.492 e. The molecule has 1 aliphatic rings. The number of benzene rings is 1. The molecule has 1 aliphatic heterocycles. The highest BCUT2D eigenvalue weighted by Crippen LogP contribution is 2.20. The number of hydrogen-bond acceptors (Lipinski definition) is 6. The van der Waals surface area contributed by atoms with Crippen LogP contribution in [0.25, 0.3) is 0 Å². The van der Waals surface area contributed by atoms with Crippen molar-refractivity contribution >= 4 is 23.1 Å². The molecule has 0 bridgehead atoms. The van der Waals surface area contributed by atoms with Crippen LogP contribution in [0.15, 0.2) is 42.6 Å². The van der Waals surface area contributed by atoms with Gasteiger partial charge in [0.1, 0.15) is 18.2 Å². The van der Waals surface area contributed by atoms with Crippen LogP contribution in [-0.2, 0) is 9.53 Å². The lowest BCUT2D eigenvalue weighted by Crippen LogP contribution is -2.38. The molecule has 0 saturated carbocycles. The van der Waals surface area contributed by atoms with Crippen molar-refractivity contribution in [2.24, 2.45) is 0 Å². The van der Waals surface area contributed by atoms with Crippen molar-refractivity contribution in [3.63, 3.8) is 0 Å². The van der Waals surface area contributed by atoms with E-state index >= 15 is 0 Å². The number of amides is 1. The Morgan fingerprint density at radius 3 is 2.54 bits per heavy atom. The van der Waals surface area contributed by atoms with Gasteiger partial charge in [-0.25, -0.2) is 4.98 Å². The van der Waals surface area contributed by atoms with Gasteiger partial charge in [-0.1, -0.05) is 0 Å². The van der Waals surface area contributed by atoms with Gasteiger partial charge in [0.2, 0.25) is 5.91 Å². The fourth-order valence-corrected chi connectivity index (χ4v) is 2.64. The Bertz CT molecular complexity index is 698. The van der Waals surface area contributed by atoms with E-state index in [1.165, 1.54) is 6.92 Å². The number of hydrogen-bond donors (Lipinski definition) is 2. The van der Waals surface area contributed by atoms with Crippen LogP contribution < -0.4 is 15.4 Å². The van der Waals surface area contributed by atoms with Gasteiger partial charge in [0.15, 0.2) is 0 Å². The second kappa shape index (κ2) is 9.17. The fraction of sp³-hybridized carbons (Fsp3) is 0.368. The molecule has 2 N–H and O–H groups in total. The number of carbonyl (C=O) groups is 1. The number of morpholine rings is 1. The Hall–Kier alpha value is -2.64. The van der Waals surface area contributed by atoms with E-state index in [1.54, 1.807) is 12.3 Å². The minimum Gasteiger partial charge on any atom is -0.492 e. The third-order valence-electron chi connectivity index (χ3n) is 3.99. The first kappa shape index (κ1) is 18.2. The molecule has 0 aliphatic carbocycles. The Balaban J connectivity index is 1.45. The summed E-state index contributed by atoms with van der Waals surface area (Å²) in [4.78, 5) is 17.6. The first-order chi connectivity index (χ1) is 12.7. The Morgan fingerprint density at radius 2 is 1.88 bits per heavy atom. The molecule has 2 heterocycles. The van der Waals surface area contributed by atoms with Gasteiger partial charge in [0.05, 0.1) is 25.1 Å². The van der Waals surface area contributed by atoms with Gasteiger partial charge in [0, 0.05) is 32.2 Å². The molecule has 0 atom stereocenters. The smallest absolute Gasteiger partial charge is 0.221 e. The molecule has 1 amide bonds. The van der Waals surface area contributed by atoms with Crippen molar-refractivity contribution < 1.29 is 14.3 Å². The van der Waals surface area contributed by atoms with Crippen LogP contribution in [-0.4, -0.2) is 55.2 Å². The van der Waals surface area contributed by atoms with E-state index in [1.807, 2.05) is 30.3 Å². The molecule has 1 saturated heterocycles. The minimum atomic E-state index is -0.114. The number of aromatic nitrogens is 1. The van der Waals surface area contributed by atoms with Crippen LogP contribution in [0.5, 0.6) is 5.75 Å². The molecule has 1 aromatic heterocycles. The van der Waals surface area contributed by atoms with Crippen molar-refractivity contribution in [2.45, 2.75) is 6.92 Å². The fourth-order valence-electron chi connectivity index (χ4n) is 2.64. The molecule has 0 unspecified atom stereocenters. The summed E-state index contributed by atoms with van der Waals surface area (Å²) < 4.78 is 11.1. The minimum absolute atomic E-state index is 0.114. The third kappa shape index (κ3) is 5.72. The van der Waals surface area contributed by atoms with Gasteiger partial charge in [0.25, 0.3) is 0 Å². The number of rotatable bonds is 7. The molecule has 26 heavy (non-hydrogen) atoms. The molecule has 2 aromatic rings. The van der Waals surface area contributed by atoms with E-state index in [0.717, 1.165) is 44.3 Å². The van der Waals surface area contributed by atoms with E-state index < -0.39 is 0 Å². The highest BCUT2D eigenvalue weighted by Gasteiger charge is 2.09. The van der Waals surface area contributed by atoms with Crippen LogP contribution in [0.1, 0.15) is 6.92 Å². The lowest BCUT2D eigenvalue weighted by Gasteiger charge is -2.26. The van der Waals surface area contributed by atoms with Gasteiger partial charge in [-0.2, -0.15) is 0 Å². The van der Waals surface area contributed by atoms with E-state index in [0.29, 0.717) is 18.1 Å². The quantitative estimate of drug-likeness (QED) is 0.794. The Labute approximate surface area is 153 Å². The zero-order valence-electron chi connectivity index (χ0n) is 14.9. The van der Waals surface area contributed by atoms with Crippen molar-refractivity contribution in [3.8, 4) is 5.75 Å². The molecular weight excluding hydrogens is 332 g/mol. The van der Waals surface area contributed by atoms with Crippen LogP contribution in [0.4, 0.5) is 17.2 Å². The number of anilines is 3. The topological polar surface area (TPSA) is 75.7 Å². The van der Waals surface area contributed by atoms with Crippen molar-refractivity contribution in [1.29, 1.82) is 0 Å². The summed E-state index contributed by atoms with van der Waals surface area (Å²) in [5, 5.41) is 5.91. The summed E-state index contributed by atoms with van der Waals surface area (Å²) in [6, 6.07) is 11.4. The summed E-state index contributed by atoms with van der Waals surface area (Å²) in [7, 11) is 0. The molecule has 3 rings (SSSR count). The van der Waals surface area contributed by atoms with Crippen molar-refractivity contribution in [1.82, 2.24) is 9.88 Å². The maximum absolute atomic E-state index is 11.0. The first-order valence-corrected chi connectivity index (χ1v) is 8.73. The second-order valence-electron chi connectivity index (χ2n) is 6.07. The first-order valence-electron chi connectivity index (χ1n) is 8.73. The molecule has 7 heteroatoms. The standard InChI is InChI=1S/C19H24N4O3/c1-15(24)21-17-4-7-19(20-14-17)22-16-2-5-18(6-3-16)26-13-10-23-8-11-25-12-9-23/h2-7,14H,8-13H2,1H3,(H,20,22)(H,21,24). The van der Waals surface area contributed by atoms with Gasteiger partial charge in [-0.05, 0) is 36.4 Å². The zero-order valence-corrected chi connectivity index (χ0v) is 14.9. The number of nitrogens with one attached hydrogen (secondary N) is 2. The molecule has 7 nitrogen and oxygen atoms in total. The molecular formula is C19H24N4O3. The highest BCUT2D eigenvalue weighted by molar-refractivity contribution is 5.88. The normalized spacial score (nSPS) is 14.7. The van der Waals surface area contributed by atoms with Gasteiger partial charge in [-0.3, -0.25) is 9.69 Å². The molecule has 1 fully saturated rings. The maximum atomic E-state index is 11.0. The summed E-state index contributed by atoms with van der Waals surface area (Å²) in [6.45, 7) is 6.60. The Kier molecular flexibility index (Phi) is 6.40. The molecule has 0 spiro atoms. The SMILES string of the molecule is CC(=O)Nc1ccc(Nc2ccc(OCCN3CCOCC3)cc2)nc1. The Morgan fingerprint density at radius 1 is 1.15 bits per heavy atom. The third-order valence-corrected chi connectivity index (χ3v) is 3.99. The number of nitrogens with zero attached hydrogens (tertiary/aromatic N) is 2. The summed E-state index contributed by atoms with van der Waals surface area (Å²) in [5.74, 6) is 1.44. The lowest BCUT2D eigenvalue weighted by atomic mass is 10.3. The lowest BCUT2D eigenvalue weighted by molar-refractivity contribution is -0.114. The molecule has 1 aromatic carbocycles. The highest BCUT2D eigenvalue weighted by atomic mass is 16.5. The van der Waals surface area contributed by atoms with E-state index in [2.05, 4.69) is 20.5 Å². The number of ether oxygens (including phenoxy) is 2. The van der Waals surface area contributed by atoms with Gasteiger partial charge in [-0.15, -0.1) is 0 Å². The number of pyridine rings is 1. The number of carbonyl (C=O) groups excluding carboxylic acids is 1. The van der Waals surface area contributed by atoms with Crippen molar-refractivity contribution in [2.75, 3.05) is 50.1 Å². The summed E-state index contributed by atoms with van der Waals surface area (Å²) >= 11 is 0. The van der Waals surface area contributed by atoms with E-state index in [9.17, 15) is 4.79 Å². The predicted octanol–water partition coefficient (Wildman–Crippen LogP) is 2.49. The average Bonchev–Trinajstić information content (AvgIpc) is 2.65. The van der Waals surface area contributed by atoms with Gasteiger partial charge < -0.3 is 20.1 Å². The van der Waals surface area contributed by atoms with Gasteiger partial charge >= 0.3 is 0 Å². The maximum Gasteiger partial charge on any atom is 0.221 e. The zero-order chi connectivity index (χ0) is 18.2. The summed E-state index contributed by atoms with van der Waals surface area (Å²) in [6.07, 6.45) is 1.62. The van der Waals surface area contributed by atoms with E-state index in [4.69, 9.17) is 9.47 Å². The van der Waals surface area contributed by atoms with Crippen LogP contribution in [0, 0.1) is 0 Å². The average molecular weight is 356 g/mol. The van der Waals surface area contributed by atoms with E-state index in [-0.39, 0.29) is 5.91 Å². The monoisotopic (exact) mass is 356 g/mol. The molecule has 138 valence electrons. The van der Waals surface area contributed by atoms with Crippen LogP contribution in [0.3, 0.4) is 0 Å². The predicted molar refractivity (Wildman–Crippen MR) is 101 cm³/mol. The van der Waals surface area contributed by atoms with Crippen molar-refractivity contribution in [3.05, 3.63) is 42.6 Å². The summed E-state index contributed by atoms with van der Waals surface area (Å²) in [5.41, 5.74) is 1.59. The van der Waals surface area contributed by atoms with Crippen LogP contribution in [0.2, 0.25) is 0 Å². The molecule has 0 radical (unpaired) electrons.